The van der Waals surface area contributed by atoms with Crippen molar-refractivity contribution in [3.05, 3.63) is 35.9 Å². The summed E-state index contributed by atoms with van der Waals surface area (Å²) < 4.78 is 4.57. The first-order chi connectivity index (χ1) is 8.62. The van der Waals surface area contributed by atoms with Gasteiger partial charge in [0, 0.05) is 5.92 Å². The van der Waals surface area contributed by atoms with Crippen LogP contribution in [-0.4, -0.2) is 13.1 Å². The normalized spacial score (nSPS) is 13.1. The van der Waals surface area contributed by atoms with E-state index in [1.54, 1.807) is 0 Å². The van der Waals surface area contributed by atoms with Crippen molar-refractivity contribution >= 4 is 5.97 Å². The van der Waals surface area contributed by atoms with Crippen LogP contribution in [0.15, 0.2) is 30.3 Å². The lowest BCUT2D eigenvalue weighted by atomic mass is 9.79. The van der Waals surface area contributed by atoms with E-state index in [2.05, 4.69) is 42.6 Å². The van der Waals surface area contributed by atoms with Gasteiger partial charge in [-0.3, -0.25) is 0 Å². The molecular formula is C16H20O2. The molecular weight excluding hydrogens is 224 g/mol. The minimum atomic E-state index is -0.478. The molecule has 0 bridgehead atoms. The Labute approximate surface area is 109 Å². The summed E-state index contributed by atoms with van der Waals surface area (Å²) in [6.07, 6.45) is 3.14. The summed E-state index contributed by atoms with van der Waals surface area (Å²) >= 11 is 0. The Balaban J connectivity index is 3.01. The second-order valence-corrected chi connectivity index (χ2v) is 4.54. The molecule has 1 unspecified atom stereocenters. The number of methoxy groups -OCH3 is 1. The largest absolute Gasteiger partial charge is 0.459 e. The summed E-state index contributed by atoms with van der Waals surface area (Å²) in [5.74, 6) is 5.16. The highest BCUT2D eigenvalue weighted by Crippen LogP contribution is 2.28. The summed E-state index contributed by atoms with van der Waals surface area (Å²) in [6, 6.07) is 10.1. The number of hydrogen-bond acceptors (Lipinski definition) is 2. The fourth-order valence-electron chi connectivity index (χ4n) is 1.86. The molecule has 0 spiro atoms. The highest BCUT2D eigenvalue weighted by atomic mass is 16.5. The van der Waals surface area contributed by atoms with Crippen LogP contribution >= 0.6 is 0 Å². The van der Waals surface area contributed by atoms with Gasteiger partial charge in [-0.2, -0.15) is 0 Å². The second kappa shape index (κ2) is 6.86. The SMILES string of the molecule is CCCCC(C)(C#CC(=O)OC)c1ccccc1. The molecule has 2 nitrogen and oxygen atoms in total. The van der Waals surface area contributed by atoms with Gasteiger partial charge in [0.25, 0.3) is 0 Å². The summed E-state index contributed by atoms with van der Waals surface area (Å²) in [5, 5.41) is 0. The first-order valence-corrected chi connectivity index (χ1v) is 6.29. The van der Waals surface area contributed by atoms with E-state index in [1.807, 2.05) is 18.2 Å². The Morgan fingerprint density at radius 2 is 2.00 bits per heavy atom. The molecule has 1 rings (SSSR count). The number of carbonyl (C=O) groups excluding carboxylic acids is 1. The van der Waals surface area contributed by atoms with Crippen LogP contribution in [0.25, 0.3) is 0 Å². The molecule has 0 fully saturated rings. The van der Waals surface area contributed by atoms with Crippen LogP contribution in [0, 0.1) is 11.8 Å². The van der Waals surface area contributed by atoms with Crippen molar-refractivity contribution in [1.29, 1.82) is 0 Å². The van der Waals surface area contributed by atoms with Gasteiger partial charge in [0.05, 0.1) is 12.5 Å². The van der Waals surface area contributed by atoms with Crippen molar-refractivity contribution in [2.24, 2.45) is 0 Å². The van der Waals surface area contributed by atoms with Gasteiger partial charge in [-0.1, -0.05) is 56.0 Å². The van der Waals surface area contributed by atoms with E-state index in [9.17, 15) is 4.79 Å². The van der Waals surface area contributed by atoms with E-state index in [0.29, 0.717) is 0 Å². The van der Waals surface area contributed by atoms with Gasteiger partial charge in [0.2, 0.25) is 0 Å². The molecule has 18 heavy (non-hydrogen) atoms. The summed E-state index contributed by atoms with van der Waals surface area (Å²) in [4.78, 5) is 11.2. The average Bonchev–Trinajstić information content (AvgIpc) is 2.43. The second-order valence-electron chi connectivity index (χ2n) is 4.54. The van der Waals surface area contributed by atoms with Crippen LogP contribution in [0.2, 0.25) is 0 Å². The quantitative estimate of drug-likeness (QED) is 0.461. The van der Waals surface area contributed by atoms with Gasteiger partial charge < -0.3 is 4.74 Å². The van der Waals surface area contributed by atoms with Gasteiger partial charge in [-0.15, -0.1) is 0 Å². The Morgan fingerprint density at radius 3 is 2.56 bits per heavy atom. The summed E-state index contributed by atoms with van der Waals surface area (Å²) in [6.45, 7) is 4.23. The highest BCUT2D eigenvalue weighted by molar-refractivity contribution is 5.88. The maximum absolute atomic E-state index is 11.2. The van der Waals surface area contributed by atoms with Crippen LogP contribution in [0.5, 0.6) is 0 Å². The Bertz CT molecular complexity index is 439. The van der Waals surface area contributed by atoms with Crippen LogP contribution in [0.4, 0.5) is 0 Å². The number of ether oxygens (including phenoxy) is 1. The molecule has 2 heteroatoms. The third-order valence-corrected chi connectivity index (χ3v) is 3.07. The van der Waals surface area contributed by atoms with Gasteiger partial charge in [0.1, 0.15) is 0 Å². The number of carbonyl (C=O) groups is 1. The van der Waals surface area contributed by atoms with Crippen molar-refractivity contribution < 1.29 is 9.53 Å². The first kappa shape index (κ1) is 14.3. The van der Waals surface area contributed by atoms with Crippen molar-refractivity contribution in [2.45, 2.75) is 38.5 Å². The van der Waals surface area contributed by atoms with Gasteiger partial charge in [-0.05, 0) is 18.9 Å². The Hall–Kier alpha value is -1.75. The molecule has 0 amide bonds. The highest BCUT2D eigenvalue weighted by Gasteiger charge is 2.23. The predicted molar refractivity (Wildman–Crippen MR) is 73.1 cm³/mol. The minimum Gasteiger partial charge on any atom is -0.459 e. The van der Waals surface area contributed by atoms with Crippen LogP contribution in [-0.2, 0) is 14.9 Å². The molecule has 0 N–H and O–H groups in total. The number of rotatable bonds is 4. The lowest BCUT2D eigenvalue weighted by molar-refractivity contribution is -0.133. The van der Waals surface area contributed by atoms with Gasteiger partial charge in [0.15, 0.2) is 0 Å². The standard InChI is InChI=1S/C16H20O2/c1-4-5-12-16(2,13-11-15(17)18-3)14-9-7-6-8-10-14/h6-10H,4-5,12H2,1-3H3. The zero-order chi connectivity index (χ0) is 13.4. The van der Waals surface area contributed by atoms with E-state index >= 15 is 0 Å². The molecule has 0 saturated heterocycles. The molecule has 0 aliphatic carbocycles. The lowest BCUT2D eigenvalue weighted by Gasteiger charge is -2.24. The monoisotopic (exact) mass is 244 g/mol. The van der Waals surface area contributed by atoms with E-state index in [1.165, 1.54) is 7.11 Å². The zero-order valence-electron chi connectivity index (χ0n) is 11.3. The fraction of sp³-hybridized carbons (Fsp3) is 0.438. The third kappa shape index (κ3) is 3.92. The van der Waals surface area contributed by atoms with Crippen LogP contribution in [0.1, 0.15) is 38.7 Å². The van der Waals surface area contributed by atoms with Crippen molar-refractivity contribution in [1.82, 2.24) is 0 Å². The number of benzene rings is 1. The molecule has 96 valence electrons. The Kier molecular flexibility index (Phi) is 5.45. The molecule has 1 aromatic rings. The Morgan fingerprint density at radius 1 is 1.33 bits per heavy atom. The van der Waals surface area contributed by atoms with E-state index in [4.69, 9.17) is 0 Å². The maximum Gasteiger partial charge on any atom is 0.384 e. The number of hydrogen-bond donors (Lipinski definition) is 0. The predicted octanol–water partition coefficient (Wildman–Crippen LogP) is 3.31. The fourth-order valence-corrected chi connectivity index (χ4v) is 1.86. The molecule has 0 radical (unpaired) electrons. The van der Waals surface area contributed by atoms with E-state index in [-0.39, 0.29) is 5.41 Å². The molecule has 0 aliphatic heterocycles. The topological polar surface area (TPSA) is 26.3 Å². The molecule has 0 heterocycles. The summed E-state index contributed by atoms with van der Waals surface area (Å²) in [5.41, 5.74) is 0.862. The number of esters is 1. The van der Waals surface area contributed by atoms with Gasteiger partial charge >= 0.3 is 5.97 Å². The van der Waals surface area contributed by atoms with Crippen molar-refractivity contribution in [3.63, 3.8) is 0 Å². The molecule has 0 aliphatic rings. The van der Waals surface area contributed by atoms with E-state index in [0.717, 1.165) is 24.8 Å². The van der Waals surface area contributed by atoms with Gasteiger partial charge in [-0.25, -0.2) is 4.79 Å². The molecule has 0 aromatic heterocycles. The molecule has 0 saturated carbocycles. The first-order valence-electron chi connectivity index (χ1n) is 6.29. The number of unbranched alkanes of at least 4 members (excludes halogenated alkanes) is 1. The molecule has 1 aromatic carbocycles. The average molecular weight is 244 g/mol. The van der Waals surface area contributed by atoms with Crippen LogP contribution < -0.4 is 0 Å². The maximum atomic E-state index is 11.2. The smallest absolute Gasteiger partial charge is 0.384 e. The third-order valence-electron chi connectivity index (χ3n) is 3.07. The van der Waals surface area contributed by atoms with Crippen molar-refractivity contribution in [3.8, 4) is 11.8 Å². The van der Waals surface area contributed by atoms with E-state index < -0.39 is 5.97 Å². The molecule has 1 atom stereocenters. The zero-order valence-corrected chi connectivity index (χ0v) is 11.3. The lowest BCUT2D eigenvalue weighted by Crippen LogP contribution is -2.20. The van der Waals surface area contributed by atoms with Crippen LogP contribution in [0.3, 0.4) is 0 Å². The minimum absolute atomic E-state index is 0.286. The summed E-state index contributed by atoms with van der Waals surface area (Å²) in [7, 11) is 1.35. The van der Waals surface area contributed by atoms with Crippen molar-refractivity contribution in [2.75, 3.05) is 7.11 Å².